The first-order chi connectivity index (χ1) is 3.79. The minimum atomic E-state index is 1.33. The van der Waals surface area contributed by atoms with Gasteiger partial charge in [0.2, 0.25) is 0 Å². The number of hydrogen-bond donors (Lipinski definition) is 0. The molecule has 0 radical (unpaired) electrons. The molecule has 36 valence electrons. The molecule has 0 atom stereocenters. The van der Waals surface area contributed by atoms with E-state index in [1.807, 2.05) is 21.7 Å². The van der Waals surface area contributed by atoms with Crippen LogP contribution in [0, 0.1) is 6.92 Å². The molecular formula is C7H7Mg+. The quantitative estimate of drug-likeness (QED) is 0.439. The fraction of sp³-hybridized carbons (Fsp3) is 0.143. The summed E-state index contributed by atoms with van der Waals surface area (Å²) in [6.45, 7) is 2.10. The average molecular weight is 115 g/mol. The topological polar surface area (TPSA) is 0 Å². The number of hydrogen-bond acceptors (Lipinski definition) is 0. The third-order valence-corrected chi connectivity index (χ3v) is 1.59. The molecule has 8 heavy (non-hydrogen) atoms. The van der Waals surface area contributed by atoms with Gasteiger partial charge < -0.3 is 0 Å². The number of benzene rings is 1. The van der Waals surface area contributed by atoms with E-state index in [1.165, 1.54) is 9.26 Å². The van der Waals surface area contributed by atoms with Crippen LogP contribution >= 0.6 is 0 Å². The Morgan fingerprint density at radius 1 is 1.12 bits per heavy atom. The Morgan fingerprint density at radius 2 is 1.62 bits per heavy atom. The van der Waals surface area contributed by atoms with E-state index in [2.05, 4.69) is 31.2 Å². The van der Waals surface area contributed by atoms with Crippen LogP contribution < -0.4 is 3.69 Å². The number of aryl methyl sites for hydroxylation is 1. The van der Waals surface area contributed by atoms with E-state index in [0.717, 1.165) is 0 Å². The minimum absolute atomic E-state index is 1.33. The van der Waals surface area contributed by atoms with Crippen LogP contribution in [0.2, 0.25) is 0 Å². The van der Waals surface area contributed by atoms with Crippen LogP contribution in [0.5, 0.6) is 0 Å². The second kappa shape index (κ2) is 2.51. The summed E-state index contributed by atoms with van der Waals surface area (Å²) in [5.74, 6) is 0. The SMILES string of the molecule is Cc1cc[c]([Mg+])cc1. The molecule has 0 nitrogen and oxygen atoms in total. The van der Waals surface area contributed by atoms with Gasteiger partial charge in [-0.2, -0.15) is 0 Å². The van der Waals surface area contributed by atoms with Crippen LogP contribution in [0.25, 0.3) is 0 Å². The van der Waals surface area contributed by atoms with Crippen molar-refractivity contribution in [3.05, 3.63) is 29.8 Å². The first kappa shape index (κ1) is 6.11. The van der Waals surface area contributed by atoms with Crippen LogP contribution in [0.15, 0.2) is 24.3 Å². The summed E-state index contributed by atoms with van der Waals surface area (Å²) in [4.78, 5) is 0. The standard InChI is InChI=1S/C7H7.Mg/c1-7-5-3-2-4-6-7;/h3-6H,1H3;/q;+1. The molecule has 0 amide bonds. The molecule has 0 saturated heterocycles. The van der Waals surface area contributed by atoms with Crippen LogP contribution in [0.1, 0.15) is 5.56 Å². The van der Waals surface area contributed by atoms with Crippen LogP contribution in [-0.2, 0) is 0 Å². The van der Waals surface area contributed by atoms with E-state index in [-0.39, 0.29) is 0 Å². The molecule has 0 unspecified atom stereocenters. The fourth-order valence-corrected chi connectivity index (χ4v) is 0.824. The first-order valence-electron chi connectivity index (χ1n) is 2.67. The summed E-state index contributed by atoms with van der Waals surface area (Å²) in [6, 6.07) is 8.52. The molecule has 0 aliphatic carbocycles. The molecule has 1 rings (SSSR count). The predicted molar refractivity (Wildman–Crippen MR) is 36.6 cm³/mol. The fourth-order valence-electron chi connectivity index (χ4n) is 0.588. The molecule has 0 aliphatic rings. The van der Waals surface area contributed by atoms with Gasteiger partial charge in [0.1, 0.15) is 0 Å². The van der Waals surface area contributed by atoms with Crippen molar-refractivity contribution in [1.82, 2.24) is 0 Å². The summed E-state index contributed by atoms with van der Waals surface area (Å²) in [5.41, 5.74) is 1.33. The van der Waals surface area contributed by atoms with Crippen molar-refractivity contribution in [2.24, 2.45) is 0 Å². The summed E-state index contributed by atoms with van der Waals surface area (Å²) in [5, 5.41) is 0. The molecule has 0 heterocycles. The molecule has 1 aromatic rings. The van der Waals surface area contributed by atoms with E-state index in [1.54, 1.807) is 0 Å². The molecule has 0 N–H and O–H groups in total. The second-order valence-corrected chi connectivity index (χ2v) is 2.80. The second-order valence-electron chi connectivity index (χ2n) is 1.99. The van der Waals surface area contributed by atoms with Gasteiger partial charge in [-0.1, -0.05) is 0 Å². The van der Waals surface area contributed by atoms with Crippen LogP contribution in [0.4, 0.5) is 0 Å². The zero-order valence-electron chi connectivity index (χ0n) is 5.02. The third-order valence-electron chi connectivity index (χ3n) is 1.12. The summed E-state index contributed by atoms with van der Waals surface area (Å²) in [6.07, 6.45) is 0. The van der Waals surface area contributed by atoms with Gasteiger partial charge in [0.05, 0.1) is 0 Å². The van der Waals surface area contributed by atoms with Crippen molar-refractivity contribution in [1.29, 1.82) is 0 Å². The summed E-state index contributed by atoms with van der Waals surface area (Å²) in [7, 11) is 0. The normalized spacial score (nSPS) is 9.38. The van der Waals surface area contributed by atoms with Crippen molar-refractivity contribution in [3.63, 3.8) is 0 Å². The number of rotatable bonds is 0. The van der Waals surface area contributed by atoms with Crippen molar-refractivity contribution in [2.45, 2.75) is 6.92 Å². The van der Waals surface area contributed by atoms with Crippen molar-refractivity contribution in [2.75, 3.05) is 0 Å². The third kappa shape index (κ3) is 1.49. The Morgan fingerprint density at radius 3 is 2.00 bits per heavy atom. The van der Waals surface area contributed by atoms with Crippen LogP contribution in [0.3, 0.4) is 0 Å². The van der Waals surface area contributed by atoms with E-state index >= 15 is 0 Å². The molecular weight excluding hydrogens is 108 g/mol. The molecule has 0 aromatic heterocycles. The predicted octanol–water partition coefficient (Wildman–Crippen LogP) is 0.789. The van der Waals surface area contributed by atoms with Gasteiger partial charge >= 0.3 is 62.2 Å². The van der Waals surface area contributed by atoms with Crippen molar-refractivity contribution in [3.8, 4) is 0 Å². The van der Waals surface area contributed by atoms with E-state index in [4.69, 9.17) is 0 Å². The maximum atomic E-state index is 2.13. The molecule has 1 aromatic carbocycles. The zero-order chi connectivity index (χ0) is 5.98. The Balaban J connectivity index is 3.03. The van der Waals surface area contributed by atoms with Crippen LogP contribution in [-0.4, -0.2) is 21.7 Å². The average Bonchev–Trinajstić information content (AvgIpc) is 1.77. The summed E-state index contributed by atoms with van der Waals surface area (Å²) >= 11 is 1.91. The van der Waals surface area contributed by atoms with Gasteiger partial charge in [-0.3, -0.25) is 0 Å². The van der Waals surface area contributed by atoms with Crippen molar-refractivity contribution >= 4 is 25.4 Å². The van der Waals surface area contributed by atoms with Gasteiger partial charge in [-0.25, -0.2) is 0 Å². The summed E-state index contributed by atoms with van der Waals surface area (Å²) < 4.78 is 1.36. The molecule has 0 fully saturated rings. The van der Waals surface area contributed by atoms with Gasteiger partial charge in [0.25, 0.3) is 0 Å². The van der Waals surface area contributed by atoms with E-state index in [0.29, 0.717) is 0 Å². The van der Waals surface area contributed by atoms with E-state index < -0.39 is 0 Å². The van der Waals surface area contributed by atoms with Gasteiger partial charge in [0.15, 0.2) is 0 Å². The Hall–Kier alpha value is -0.0138. The monoisotopic (exact) mass is 115 g/mol. The van der Waals surface area contributed by atoms with E-state index in [9.17, 15) is 0 Å². The molecule has 0 saturated carbocycles. The Bertz CT molecular complexity index is 143. The zero-order valence-corrected chi connectivity index (χ0v) is 6.43. The molecule has 0 aliphatic heterocycles. The molecule has 0 spiro atoms. The van der Waals surface area contributed by atoms with Gasteiger partial charge in [-0.15, -0.1) is 0 Å². The van der Waals surface area contributed by atoms with Gasteiger partial charge in [-0.05, 0) is 0 Å². The van der Waals surface area contributed by atoms with Crippen molar-refractivity contribution < 1.29 is 0 Å². The van der Waals surface area contributed by atoms with Gasteiger partial charge in [0, 0.05) is 0 Å². The molecule has 0 bridgehead atoms. The molecule has 1 heteroatoms. The Kier molecular flexibility index (Phi) is 1.92. The first-order valence-corrected chi connectivity index (χ1v) is 3.38. The Labute approximate surface area is 62.3 Å². The maximum absolute atomic E-state index is 2.13.